The number of H-pyrrole nitrogens is 1. The summed E-state index contributed by atoms with van der Waals surface area (Å²) in [6.07, 6.45) is 7.47. The van der Waals surface area contributed by atoms with Gasteiger partial charge in [-0.3, -0.25) is 9.59 Å². The van der Waals surface area contributed by atoms with Gasteiger partial charge in [-0.15, -0.1) is 0 Å². The van der Waals surface area contributed by atoms with E-state index in [0.29, 0.717) is 11.4 Å². The number of carbonyl (C=O) groups excluding carboxylic acids is 1. The minimum absolute atomic E-state index is 0.0316. The lowest BCUT2D eigenvalue weighted by molar-refractivity contribution is 0.0827. The van der Waals surface area contributed by atoms with Crippen molar-refractivity contribution in [3.63, 3.8) is 0 Å². The highest BCUT2D eigenvalue weighted by Crippen LogP contribution is 2.16. The molecule has 5 nitrogen and oxygen atoms in total. The van der Waals surface area contributed by atoms with E-state index in [4.69, 9.17) is 0 Å². The van der Waals surface area contributed by atoms with Crippen molar-refractivity contribution in [1.82, 2.24) is 14.9 Å². The number of carbonyl (C=O) groups is 1. The third-order valence-electron chi connectivity index (χ3n) is 4.18. The van der Waals surface area contributed by atoms with Crippen LogP contribution in [0.4, 0.5) is 0 Å². The number of nitrogens with one attached hydrogen (secondary N) is 1. The first-order chi connectivity index (χ1) is 11.5. The van der Waals surface area contributed by atoms with Crippen LogP contribution in [0, 0.1) is 0 Å². The number of aromatic amines is 1. The maximum atomic E-state index is 12.1. The van der Waals surface area contributed by atoms with Gasteiger partial charge in [0.2, 0.25) is 0 Å². The molecule has 3 rings (SSSR count). The van der Waals surface area contributed by atoms with E-state index in [1.165, 1.54) is 0 Å². The average Bonchev–Trinajstić information content (AvgIpc) is 2.59. The van der Waals surface area contributed by atoms with Gasteiger partial charge in [-0.1, -0.05) is 18.2 Å². The van der Waals surface area contributed by atoms with Gasteiger partial charge < -0.3 is 9.88 Å². The Morgan fingerprint density at radius 1 is 1.21 bits per heavy atom. The Hall–Kier alpha value is -2.69. The largest absolute Gasteiger partial charge is 0.345 e. The summed E-state index contributed by atoms with van der Waals surface area (Å²) in [6.45, 7) is 0. The topological polar surface area (TPSA) is 66.1 Å². The molecule has 0 atom stereocenters. The molecule has 124 valence electrons. The first-order valence-corrected chi connectivity index (χ1v) is 8.16. The summed E-state index contributed by atoms with van der Waals surface area (Å²) in [5.41, 5.74) is 3.24. The normalized spacial score (nSPS) is 13.8. The molecule has 1 amide bonds. The fourth-order valence-electron chi connectivity index (χ4n) is 2.91. The third kappa shape index (κ3) is 3.45. The molecule has 5 heteroatoms. The Labute approximate surface area is 141 Å². The van der Waals surface area contributed by atoms with Crippen LogP contribution in [0.5, 0.6) is 0 Å². The van der Waals surface area contributed by atoms with Crippen LogP contribution in [0.15, 0.2) is 29.1 Å². The van der Waals surface area contributed by atoms with Crippen molar-refractivity contribution < 1.29 is 4.79 Å². The van der Waals surface area contributed by atoms with Gasteiger partial charge in [-0.25, -0.2) is 4.98 Å². The fraction of sp³-hybridized carbons (Fsp3) is 0.316. The van der Waals surface area contributed by atoms with E-state index >= 15 is 0 Å². The average molecular weight is 323 g/mol. The van der Waals surface area contributed by atoms with Gasteiger partial charge in [-0.2, -0.15) is 0 Å². The van der Waals surface area contributed by atoms with Gasteiger partial charge in [0.1, 0.15) is 5.82 Å². The minimum Gasteiger partial charge on any atom is -0.345 e. The Morgan fingerprint density at radius 3 is 2.79 bits per heavy atom. The molecule has 1 N–H and O–H groups in total. The van der Waals surface area contributed by atoms with Crippen LogP contribution < -0.4 is 5.56 Å². The van der Waals surface area contributed by atoms with Crippen molar-refractivity contribution in [2.45, 2.75) is 25.7 Å². The molecule has 0 aliphatic heterocycles. The molecule has 1 aromatic carbocycles. The fourth-order valence-corrected chi connectivity index (χ4v) is 2.91. The van der Waals surface area contributed by atoms with Crippen molar-refractivity contribution in [3.05, 3.63) is 62.8 Å². The van der Waals surface area contributed by atoms with Crippen molar-refractivity contribution in [1.29, 1.82) is 0 Å². The van der Waals surface area contributed by atoms with Gasteiger partial charge in [0.05, 0.1) is 5.69 Å². The zero-order valence-corrected chi connectivity index (χ0v) is 14.0. The van der Waals surface area contributed by atoms with Crippen LogP contribution in [0.3, 0.4) is 0 Å². The van der Waals surface area contributed by atoms with E-state index in [9.17, 15) is 9.59 Å². The van der Waals surface area contributed by atoms with E-state index < -0.39 is 0 Å². The zero-order chi connectivity index (χ0) is 17.1. The summed E-state index contributed by atoms with van der Waals surface area (Å²) in [5, 5.41) is 0. The van der Waals surface area contributed by atoms with Crippen molar-refractivity contribution in [3.8, 4) is 0 Å². The maximum Gasteiger partial charge on any atom is 0.254 e. The second-order valence-corrected chi connectivity index (χ2v) is 6.24. The lowest BCUT2D eigenvalue weighted by Gasteiger charge is -2.13. The molecule has 1 heterocycles. The minimum atomic E-state index is -0.0365. The summed E-state index contributed by atoms with van der Waals surface area (Å²) in [4.78, 5) is 33.1. The quantitative estimate of drug-likeness (QED) is 0.944. The lowest BCUT2D eigenvalue weighted by atomic mass is 9.97. The molecule has 1 aromatic heterocycles. The molecule has 0 spiro atoms. The van der Waals surface area contributed by atoms with Crippen LogP contribution >= 0.6 is 0 Å². The second kappa shape index (κ2) is 6.83. The SMILES string of the molecule is CN(C)C(=O)c1cccc(/C=C/c2nc3c(c(=O)[nH]2)CCCC3)c1. The van der Waals surface area contributed by atoms with E-state index in [1.807, 2.05) is 24.3 Å². The molecular weight excluding hydrogens is 302 g/mol. The summed E-state index contributed by atoms with van der Waals surface area (Å²) < 4.78 is 0. The Bertz CT molecular complexity index is 850. The Balaban J connectivity index is 1.86. The molecule has 0 bridgehead atoms. The number of hydrogen-bond acceptors (Lipinski definition) is 3. The summed E-state index contributed by atoms with van der Waals surface area (Å²) in [5.74, 6) is 0.524. The number of aromatic nitrogens is 2. The van der Waals surface area contributed by atoms with Crippen molar-refractivity contribution >= 4 is 18.1 Å². The Kier molecular flexibility index (Phi) is 4.60. The van der Waals surface area contributed by atoms with E-state index in [1.54, 1.807) is 31.1 Å². The molecule has 0 saturated carbocycles. The molecule has 0 radical (unpaired) electrons. The summed E-state index contributed by atoms with van der Waals surface area (Å²) >= 11 is 0. The van der Waals surface area contributed by atoms with E-state index in [-0.39, 0.29) is 11.5 Å². The van der Waals surface area contributed by atoms with Gasteiger partial charge in [0.15, 0.2) is 0 Å². The molecule has 0 fully saturated rings. The van der Waals surface area contributed by atoms with Crippen LogP contribution in [0.2, 0.25) is 0 Å². The van der Waals surface area contributed by atoms with Gasteiger partial charge >= 0.3 is 0 Å². The maximum absolute atomic E-state index is 12.1. The van der Waals surface area contributed by atoms with Crippen molar-refractivity contribution in [2.24, 2.45) is 0 Å². The zero-order valence-electron chi connectivity index (χ0n) is 14.0. The molecule has 24 heavy (non-hydrogen) atoms. The van der Waals surface area contributed by atoms with Crippen molar-refractivity contribution in [2.75, 3.05) is 14.1 Å². The van der Waals surface area contributed by atoms with E-state index in [0.717, 1.165) is 42.5 Å². The van der Waals surface area contributed by atoms with Crippen LogP contribution in [-0.2, 0) is 12.8 Å². The van der Waals surface area contributed by atoms with Crippen LogP contribution in [0.1, 0.15) is 45.8 Å². The number of fused-ring (bicyclic) bond motifs is 1. The molecule has 1 aliphatic rings. The molecular formula is C19H21N3O2. The number of amides is 1. The van der Waals surface area contributed by atoms with Gasteiger partial charge in [0.25, 0.3) is 11.5 Å². The standard InChI is InChI=1S/C19H21N3O2/c1-22(2)19(24)14-7-5-6-13(12-14)10-11-17-20-16-9-4-3-8-15(16)18(23)21-17/h5-7,10-12H,3-4,8-9H2,1-2H3,(H,20,21,23)/b11-10+. The molecule has 2 aromatic rings. The number of benzene rings is 1. The molecule has 1 aliphatic carbocycles. The number of nitrogens with zero attached hydrogens (tertiary/aromatic N) is 2. The van der Waals surface area contributed by atoms with Gasteiger partial charge in [0, 0.05) is 25.2 Å². The number of hydrogen-bond donors (Lipinski definition) is 1. The summed E-state index contributed by atoms with van der Waals surface area (Å²) in [7, 11) is 3.46. The third-order valence-corrected chi connectivity index (χ3v) is 4.18. The Morgan fingerprint density at radius 2 is 2.00 bits per heavy atom. The summed E-state index contributed by atoms with van der Waals surface area (Å²) in [6, 6.07) is 7.38. The monoisotopic (exact) mass is 323 g/mol. The highest BCUT2D eigenvalue weighted by atomic mass is 16.2. The predicted octanol–water partition coefficient (Wildman–Crippen LogP) is 2.52. The van der Waals surface area contributed by atoms with Gasteiger partial charge in [-0.05, 0) is 49.5 Å². The van der Waals surface area contributed by atoms with E-state index in [2.05, 4.69) is 9.97 Å². The number of rotatable bonds is 3. The van der Waals surface area contributed by atoms with Crippen LogP contribution in [-0.4, -0.2) is 34.9 Å². The highest BCUT2D eigenvalue weighted by molar-refractivity contribution is 5.94. The van der Waals surface area contributed by atoms with Crippen LogP contribution in [0.25, 0.3) is 12.2 Å². The lowest BCUT2D eigenvalue weighted by Crippen LogP contribution is -2.21. The predicted molar refractivity (Wildman–Crippen MR) is 94.9 cm³/mol. The second-order valence-electron chi connectivity index (χ2n) is 6.24. The number of aryl methyl sites for hydroxylation is 1. The highest BCUT2D eigenvalue weighted by Gasteiger charge is 2.14. The first kappa shape index (κ1) is 16.2. The first-order valence-electron chi connectivity index (χ1n) is 8.16. The molecule has 0 saturated heterocycles. The molecule has 0 unspecified atom stereocenters. The smallest absolute Gasteiger partial charge is 0.254 e.